The predicted molar refractivity (Wildman–Crippen MR) is 112 cm³/mol. The van der Waals surface area contributed by atoms with Crippen molar-refractivity contribution in [2.75, 3.05) is 37.6 Å². The van der Waals surface area contributed by atoms with Crippen LogP contribution in [0.2, 0.25) is 5.02 Å². The SMILES string of the molecule is O=C(C1CNNC1c1cccc(Br)c1)N1CCN(c2ccc(Cl)cc2)CC1. The molecule has 0 aliphatic carbocycles. The van der Waals surface area contributed by atoms with Crippen molar-refractivity contribution in [1.82, 2.24) is 15.8 Å². The van der Waals surface area contributed by atoms with Gasteiger partial charge in [-0.15, -0.1) is 0 Å². The topological polar surface area (TPSA) is 47.6 Å². The van der Waals surface area contributed by atoms with E-state index < -0.39 is 0 Å². The molecule has 4 rings (SSSR count). The van der Waals surface area contributed by atoms with E-state index in [0.717, 1.165) is 46.9 Å². The Labute approximate surface area is 172 Å². The number of nitrogens with one attached hydrogen (secondary N) is 2. The van der Waals surface area contributed by atoms with Gasteiger partial charge < -0.3 is 9.80 Å². The van der Waals surface area contributed by atoms with Gasteiger partial charge >= 0.3 is 0 Å². The second kappa shape index (κ2) is 8.19. The Bertz CT molecular complexity index is 808. The van der Waals surface area contributed by atoms with Crippen molar-refractivity contribution in [2.45, 2.75) is 6.04 Å². The molecular weight excluding hydrogens is 428 g/mol. The van der Waals surface area contributed by atoms with E-state index in [1.165, 1.54) is 0 Å². The van der Waals surface area contributed by atoms with Gasteiger partial charge in [-0.2, -0.15) is 0 Å². The van der Waals surface area contributed by atoms with Gasteiger partial charge in [0.1, 0.15) is 0 Å². The number of hydrazine groups is 1. The van der Waals surface area contributed by atoms with Crippen LogP contribution in [0.1, 0.15) is 11.6 Å². The number of hydrogen-bond donors (Lipinski definition) is 2. The van der Waals surface area contributed by atoms with Gasteiger partial charge in [-0.05, 0) is 42.0 Å². The summed E-state index contributed by atoms with van der Waals surface area (Å²) < 4.78 is 1.02. The largest absolute Gasteiger partial charge is 0.368 e. The fraction of sp³-hybridized carbons (Fsp3) is 0.350. The van der Waals surface area contributed by atoms with Crippen LogP contribution in [0.4, 0.5) is 5.69 Å². The Balaban J connectivity index is 1.40. The molecule has 0 radical (unpaired) electrons. The number of amides is 1. The Kier molecular flexibility index (Phi) is 5.68. The molecule has 2 aliphatic rings. The number of carbonyl (C=O) groups excluding carboxylic acids is 1. The summed E-state index contributed by atoms with van der Waals surface area (Å²) >= 11 is 9.49. The molecule has 2 N–H and O–H groups in total. The van der Waals surface area contributed by atoms with Crippen LogP contribution in [0, 0.1) is 5.92 Å². The second-order valence-corrected chi connectivity index (χ2v) is 8.31. The first kappa shape index (κ1) is 18.7. The summed E-state index contributed by atoms with van der Waals surface area (Å²) in [4.78, 5) is 17.5. The van der Waals surface area contributed by atoms with Gasteiger partial charge in [0.2, 0.25) is 5.91 Å². The lowest BCUT2D eigenvalue weighted by Gasteiger charge is -2.37. The molecule has 2 aliphatic heterocycles. The molecule has 2 aromatic rings. The van der Waals surface area contributed by atoms with Crippen LogP contribution in [-0.2, 0) is 4.79 Å². The number of hydrogen-bond acceptors (Lipinski definition) is 4. The van der Waals surface area contributed by atoms with E-state index >= 15 is 0 Å². The van der Waals surface area contributed by atoms with Crippen LogP contribution in [0.3, 0.4) is 0 Å². The number of rotatable bonds is 3. The van der Waals surface area contributed by atoms with Crippen LogP contribution in [0.15, 0.2) is 53.0 Å². The highest BCUT2D eigenvalue weighted by Gasteiger charge is 2.37. The molecule has 142 valence electrons. The van der Waals surface area contributed by atoms with Crippen molar-refractivity contribution >= 4 is 39.1 Å². The van der Waals surface area contributed by atoms with Crippen LogP contribution < -0.4 is 15.8 Å². The number of piperazine rings is 1. The third kappa shape index (κ3) is 4.14. The Hall–Kier alpha value is -1.60. The molecule has 1 amide bonds. The predicted octanol–water partition coefficient (Wildman–Crippen LogP) is 3.22. The minimum atomic E-state index is -0.0959. The first-order valence-corrected chi connectivity index (χ1v) is 10.3. The Morgan fingerprint density at radius 2 is 1.81 bits per heavy atom. The number of halogens is 2. The fourth-order valence-electron chi connectivity index (χ4n) is 3.81. The summed E-state index contributed by atoms with van der Waals surface area (Å²) in [6.07, 6.45) is 0. The van der Waals surface area contributed by atoms with E-state index in [0.29, 0.717) is 6.54 Å². The first-order valence-electron chi connectivity index (χ1n) is 9.15. The zero-order valence-electron chi connectivity index (χ0n) is 14.9. The molecule has 0 saturated carbocycles. The zero-order chi connectivity index (χ0) is 18.8. The molecule has 0 bridgehead atoms. The molecule has 2 unspecified atom stereocenters. The molecule has 0 spiro atoms. The van der Waals surface area contributed by atoms with Gasteiger partial charge in [-0.1, -0.05) is 39.7 Å². The minimum Gasteiger partial charge on any atom is -0.368 e. The zero-order valence-corrected chi connectivity index (χ0v) is 17.2. The maximum absolute atomic E-state index is 13.2. The van der Waals surface area contributed by atoms with Gasteiger partial charge in [0.15, 0.2) is 0 Å². The van der Waals surface area contributed by atoms with Crippen molar-refractivity contribution in [3.05, 3.63) is 63.6 Å². The van der Waals surface area contributed by atoms with Gasteiger partial charge in [-0.3, -0.25) is 10.2 Å². The molecule has 0 aromatic heterocycles. The number of benzene rings is 2. The van der Waals surface area contributed by atoms with Crippen LogP contribution >= 0.6 is 27.5 Å². The monoisotopic (exact) mass is 448 g/mol. The highest BCUT2D eigenvalue weighted by Crippen LogP contribution is 2.29. The highest BCUT2D eigenvalue weighted by atomic mass is 79.9. The van der Waals surface area contributed by atoms with Crippen molar-refractivity contribution < 1.29 is 4.79 Å². The van der Waals surface area contributed by atoms with E-state index in [1.807, 2.05) is 41.3 Å². The minimum absolute atomic E-state index is 0.00991. The Morgan fingerprint density at radius 1 is 1.07 bits per heavy atom. The van der Waals surface area contributed by atoms with Gasteiger partial charge in [-0.25, -0.2) is 5.43 Å². The molecule has 27 heavy (non-hydrogen) atoms. The van der Waals surface area contributed by atoms with Crippen molar-refractivity contribution in [3.8, 4) is 0 Å². The lowest BCUT2D eigenvalue weighted by molar-refractivity contribution is -0.135. The fourth-order valence-corrected chi connectivity index (χ4v) is 4.36. The van der Waals surface area contributed by atoms with E-state index in [-0.39, 0.29) is 17.9 Å². The molecule has 5 nitrogen and oxygen atoms in total. The van der Waals surface area contributed by atoms with Gasteiger partial charge in [0, 0.05) is 47.9 Å². The smallest absolute Gasteiger partial charge is 0.229 e. The molecular formula is C20H22BrClN4O. The van der Waals surface area contributed by atoms with Gasteiger partial charge in [0.25, 0.3) is 0 Å². The summed E-state index contributed by atoms with van der Waals surface area (Å²) in [5.41, 5.74) is 8.71. The van der Waals surface area contributed by atoms with Crippen molar-refractivity contribution in [1.29, 1.82) is 0 Å². The normalized spacial score (nSPS) is 22.9. The number of carbonyl (C=O) groups is 1. The van der Waals surface area contributed by atoms with Crippen LogP contribution in [0.25, 0.3) is 0 Å². The van der Waals surface area contributed by atoms with Crippen molar-refractivity contribution in [3.63, 3.8) is 0 Å². The quantitative estimate of drug-likeness (QED) is 0.755. The average Bonchev–Trinajstić information content (AvgIpc) is 3.18. The van der Waals surface area contributed by atoms with E-state index in [9.17, 15) is 4.79 Å². The summed E-state index contributed by atoms with van der Waals surface area (Å²) in [5.74, 6) is 0.120. The molecule has 2 atom stereocenters. The molecule has 7 heteroatoms. The molecule has 2 fully saturated rings. The van der Waals surface area contributed by atoms with Crippen LogP contribution in [-0.4, -0.2) is 43.5 Å². The third-order valence-electron chi connectivity index (χ3n) is 5.29. The van der Waals surface area contributed by atoms with Crippen molar-refractivity contribution in [2.24, 2.45) is 5.92 Å². The lowest BCUT2D eigenvalue weighted by atomic mass is 9.93. The van der Waals surface area contributed by atoms with E-state index in [4.69, 9.17) is 11.6 Å². The summed E-state index contributed by atoms with van der Waals surface area (Å²) in [6.45, 7) is 3.80. The maximum Gasteiger partial charge on any atom is 0.229 e. The number of anilines is 1. The van der Waals surface area contributed by atoms with Gasteiger partial charge in [0.05, 0.1) is 12.0 Å². The summed E-state index contributed by atoms with van der Waals surface area (Å²) in [7, 11) is 0. The first-order chi connectivity index (χ1) is 13.1. The molecule has 2 aromatic carbocycles. The second-order valence-electron chi connectivity index (χ2n) is 6.95. The molecule has 2 saturated heterocycles. The average molecular weight is 450 g/mol. The van der Waals surface area contributed by atoms with E-state index in [2.05, 4.69) is 43.8 Å². The molecule has 2 heterocycles. The standard InChI is InChI=1S/C20H22BrClN4O/c21-15-3-1-2-14(12-15)19-18(13-23-24-19)20(27)26-10-8-25(9-11-26)17-6-4-16(22)5-7-17/h1-7,12,18-19,23-24H,8-11,13H2. The third-order valence-corrected chi connectivity index (χ3v) is 6.04. The lowest BCUT2D eigenvalue weighted by Crippen LogP contribution is -2.51. The summed E-state index contributed by atoms with van der Waals surface area (Å²) in [5, 5.41) is 0.743. The number of nitrogens with zero attached hydrogens (tertiary/aromatic N) is 2. The summed E-state index contributed by atoms with van der Waals surface area (Å²) in [6, 6.07) is 16.0. The highest BCUT2D eigenvalue weighted by molar-refractivity contribution is 9.10. The maximum atomic E-state index is 13.2. The Morgan fingerprint density at radius 3 is 2.52 bits per heavy atom. The van der Waals surface area contributed by atoms with Crippen LogP contribution in [0.5, 0.6) is 0 Å². The van der Waals surface area contributed by atoms with E-state index in [1.54, 1.807) is 0 Å².